The van der Waals surface area contributed by atoms with Crippen molar-refractivity contribution < 1.29 is 14.2 Å². The smallest absolute Gasteiger partial charge is 0.191 e. The highest BCUT2D eigenvalue weighted by Gasteiger charge is 2.31. The van der Waals surface area contributed by atoms with Gasteiger partial charge in [-0.2, -0.15) is 0 Å². The molecule has 3 atom stereocenters. The van der Waals surface area contributed by atoms with Gasteiger partial charge < -0.3 is 24.8 Å². The highest BCUT2D eigenvalue weighted by Crippen LogP contribution is 2.22. The number of rotatable bonds is 9. The molecule has 3 saturated heterocycles. The zero-order valence-corrected chi connectivity index (χ0v) is 16.3. The molecule has 150 valence electrons. The Hall–Kier alpha value is -0.890. The summed E-state index contributed by atoms with van der Waals surface area (Å²) in [6, 6.07) is 0.649. The van der Waals surface area contributed by atoms with Crippen LogP contribution in [-0.2, 0) is 14.2 Å². The second-order valence-corrected chi connectivity index (χ2v) is 7.46. The van der Waals surface area contributed by atoms with E-state index in [9.17, 15) is 0 Å². The highest BCUT2D eigenvalue weighted by atomic mass is 16.5. The molecule has 0 bridgehead atoms. The Labute approximate surface area is 157 Å². The lowest BCUT2D eigenvalue weighted by molar-refractivity contribution is -0.0432. The van der Waals surface area contributed by atoms with Crippen LogP contribution < -0.4 is 10.6 Å². The molecule has 7 heteroatoms. The highest BCUT2D eigenvalue weighted by molar-refractivity contribution is 5.79. The molecule has 3 heterocycles. The summed E-state index contributed by atoms with van der Waals surface area (Å²) in [4.78, 5) is 7.28. The summed E-state index contributed by atoms with van der Waals surface area (Å²) < 4.78 is 17.3. The molecular weight excluding hydrogens is 332 g/mol. The fraction of sp³-hybridized carbons (Fsp3) is 0.947. The summed E-state index contributed by atoms with van der Waals surface area (Å²) in [6.07, 6.45) is 6.39. The van der Waals surface area contributed by atoms with E-state index in [0.29, 0.717) is 18.7 Å². The van der Waals surface area contributed by atoms with Gasteiger partial charge >= 0.3 is 0 Å². The van der Waals surface area contributed by atoms with E-state index in [4.69, 9.17) is 19.2 Å². The number of aliphatic imine (C=N–C) groups is 1. The van der Waals surface area contributed by atoms with Gasteiger partial charge in [0.05, 0.1) is 32.0 Å². The van der Waals surface area contributed by atoms with Gasteiger partial charge in [-0.15, -0.1) is 0 Å². The molecule has 0 aromatic rings. The molecule has 0 spiro atoms. The average molecular weight is 369 g/mol. The van der Waals surface area contributed by atoms with Gasteiger partial charge in [0.15, 0.2) is 5.96 Å². The number of nitrogens with zero attached hydrogens (tertiary/aromatic N) is 2. The van der Waals surface area contributed by atoms with Crippen molar-refractivity contribution in [3.63, 3.8) is 0 Å². The molecular formula is C19H36N4O3. The van der Waals surface area contributed by atoms with Crippen molar-refractivity contribution in [3.05, 3.63) is 0 Å². The van der Waals surface area contributed by atoms with Gasteiger partial charge in [0.2, 0.25) is 0 Å². The summed E-state index contributed by atoms with van der Waals surface area (Å²) in [7, 11) is 0. The third-order valence-corrected chi connectivity index (χ3v) is 5.34. The maximum Gasteiger partial charge on any atom is 0.191 e. The molecule has 0 aliphatic carbocycles. The maximum atomic E-state index is 5.99. The lowest BCUT2D eigenvalue weighted by Gasteiger charge is -2.34. The minimum Gasteiger partial charge on any atom is -0.379 e. The quantitative estimate of drug-likeness (QED) is 0.359. The van der Waals surface area contributed by atoms with Gasteiger partial charge in [-0.3, -0.25) is 9.89 Å². The van der Waals surface area contributed by atoms with Crippen LogP contribution in [0.3, 0.4) is 0 Å². The van der Waals surface area contributed by atoms with Crippen LogP contribution in [0, 0.1) is 0 Å². The summed E-state index contributed by atoms with van der Waals surface area (Å²) in [6.45, 7) is 10.0. The van der Waals surface area contributed by atoms with Gasteiger partial charge in [0.25, 0.3) is 0 Å². The lowest BCUT2D eigenvalue weighted by atomic mass is 10.2. The third kappa shape index (κ3) is 6.37. The van der Waals surface area contributed by atoms with Crippen LogP contribution in [-0.4, -0.2) is 88.3 Å². The van der Waals surface area contributed by atoms with Crippen molar-refractivity contribution >= 4 is 5.96 Å². The predicted molar refractivity (Wildman–Crippen MR) is 103 cm³/mol. The molecule has 0 aromatic carbocycles. The number of morpholine rings is 1. The predicted octanol–water partition coefficient (Wildman–Crippen LogP) is 0.990. The molecule has 26 heavy (non-hydrogen) atoms. The Balaban J connectivity index is 1.29. The first kappa shape index (κ1) is 19.9. The molecule has 3 aliphatic heterocycles. The first-order chi connectivity index (χ1) is 12.8. The van der Waals surface area contributed by atoms with Crippen molar-refractivity contribution in [2.75, 3.05) is 59.2 Å². The minimum atomic E-state index is 0.217. The molecule has 0 aromatic heterocycles. The topological polar surface area (TPSA) is 67.4 Å². The number of fused-ring (bicyclic) bond motifs is 1. The molecule has 3 unspecified atom stereocenters. The van der Waals surface area contributed by atoms with E-state index < -0.39 is 0 Å². The van der Waals surface area contributed by atoms with Crippen molar-refractivity contribution in [3.8, 4) is 0 Å². The number of nitrogens with one attached hydrogen (secondary N) is 2. The van der Waals surface area contributed by atoms with Crippen LogP contribution in [0.2, 0.25) is 0 Å². The minimum absolute atomic E-state index is 0.217. The van der Waals surface area contributed by atoms with Crippen LogP contribution in [0.15, 0.2) is 4.99 Å². The summed E-state index contributed by atoms with van der Waals surface area (Å²) in [5, 5.41) is 6.71. The Morgan fingerprint density at radius 3 is 3.00 bits per heavy atom. The SMILES string of the molecule is CCNC(=NCC1CN2CCCC2CO1)NCCCOCC1CCCO1. The fourth-order valence-corrected chi connectivity index (χ4v) is 3.90. The maximum absolute atomic E-state index is 5.99. The van der Waals surface area contributed by atoms with E-state index in [1.165, 1.54) is 25.8 Å². The van der Waals surface area contributed by atoms with Gasteiger partial charge in [-0.25, -0.2) is 0 Å². The molecule has 3 fully saturated rings. The van der Waals surface area contributed by atoms with Crippen molar-refractivity contribution in [2.45, 2.75) is 57.3 Å². The average Bonchev–Trinajstić information content (AvgIpc) is 3.33. The van der Waals surface area contributed by atoms with Crippen molar-refractivity contribution in [1.82, 2.24) is 15.5 Å². The van der Waals surface area contributed by atoms with Crippen LogP contribution in [0.5, 0.6) is 0 Å². The van der Waals surface area contributed by atoms with Gasteiger partial charge in [-0.05, 0) is 45.6 Å². The van der Waals surface area contributed by atoms with E-state index in [-0.39, 0.29) is 6.10 Å². The zero-order chi connectivity index (χ0) is 18.0. The molecule has 0 amide bonds. The van der Waals surface area contributed by atoms with Crippen molar-refractivity contribution in [2.24, 2.45) is 4.99 Å². The van der Waals surface area contributed by atoms with Crippen molar-refractivity contribution in [1.29, 1.82) is 0 Å². The number of guanidine groups is 1. The summed E-state index contributed by atoms with van der Waals surface area (Å²) >= 11 is 0. The molecule has 7 nitrogen and oxygen atoms in total. The number of ether oxygens (including phenoxy) is 3. The Kier molecular flexibility index (Phi) is 8.45. The van der Waals surface area contributed by atoms with E-state index in [2.05, 4.69) is 22.5 Å². The molecule has 3 aliphatic rings. The summed E-state index contributed by atoms with van der Waals surface area (Å²) in [5.41, 5.74) is 0. The first-order valence-corrected chi connectivity index (χ1v) is 10.4. The monoisotopic (exact) mass is 368 g/mol. The Morgan fingerprint density at radius 1 is 1.19 bits per heavy atom. The number of hydrogen-bond donors (Lipinski definition) is 2. The molecule has 3 rings (SSSR count). The van der Waals surface area contributed by atoms with E-state index >= 15 is 0 Å². The van der Waals surface area contributed by atoms with Gasteiger partial charge in [0, 0.05) is 38.9 Å². The third-order valence-electron chi connectivity index (χ3n) is 5.34. The standard InChI is InChI=1S/C19H36N4O3/c1-2-20-19(21-8-5-10-24-15-17-7-4-11-25-17)22-12-18-13-23-9-3-6-16(23)14-26-18/h16-18H,2-15H2,1H3,(H2,20,21,22). The first-order valence-electron chi connectivity index (χ1n) is 10.4. The van der Waals surface area contributed by atoms with Crippen LogP contribution in [0.4, 0.5) is 0 Å². The Morgan fingerprint density at radius 2 is 2.15 bits per heavy atom. The van der Waals surface area contributed by atoms with Crippen LogP contribution in [0.1, 0.15) is 39.0 Å². The molecule has 0 saturated carbocycles. The fourth-order valence-electron chi connectivity index (χ4n) is 3.90. The van der Waals surface area contributed by atoms with E-state index in [1.54, 1.807) is 0 Å². The second kappa shape index (κ2) is 11.1. The molecule has 2 N–H and O–H groups in total. The molecule has 0 radical (unpaired) electrons. The zero-order valence-electron chi connectivity index (χ0n) is 16.3. The Bertz CT molecular complexity index is 429. The van der Waals surface area contributed by atoms with E-state index in [1.807, 2.05) is 0 Å². The van der Waals surface area contributed by atoms with Crippen LogP contribution >= 0.6 is 0 Å². The summed E-state index contributed by atoms with van der Waals surface area (Å²) in [5.74, 6) is 0.874. The van der Waals surface area contributed by atoms with Crippen LogP contribution in [0.25, 0.3) is 0 Å². The largest absolute Gasteiger partial charge is 0.379 e. The second-order valence-electron chi connectivity index (χ2n) is 7.46. The number of hydrogen-bond acceptors (Lipinski definition) is 5. The normalized spacial score (nSPS) is 29.7. The van der Waals surface area contributed by atoms with Gasteiger partial charge in [0.1, 0.15) is 0 Å². The van der Waals surface area contributed by atoms with Gasteiger partial charge in [-0.1, -0.05) is 0 Å². The van der Waals surface area contributed by atoms with E-state index in [0.717, 1.165) is 64.9 Å². The lowest BCUT2D eigenvalue weighted by Crippen LogP contribution is -2.47.